The molecule has 0 radical (unpaired) electrons. The van der Waals surface area contributed by atoms with Gasteiger partial charge in [-0.25, -0.2) is 9.78 Å². The molecule has 1 aromatic carbocycles. The minimum atomic E-state index is -0.664. The summed E-state index contributed by atoms with van der Waals surface area (Å²) in [5.74, 6) is 1.37. The fourth-order valence-electron chi connectivity index (χ4n) is 6.54. The lowest BCUT2D eigenvalue weighted by molar-refractivity contribution is -0.567. The number of anilines is 1. The first-order valence-electron chi connectivity index (χ1n) is 11.8. The van der Waals surface area contributed by atoms with E-state index in [1.165, 1.54) is 30.5 Å². The lowest BCUT2D eigenvalue weighted by Crippen LogP contribution is -2.69. The molecule has 5 fully saturated rings. The van der Waals surface area contributed by atoms with Crippen LogP contribution in [0.15, 0.2) is 24.3 Å². The normalized spacial score (nSPS) is 42.5. The molecule has 1 aromatic rings. The molecule has 5 nitrogen and oxygen atoms in total. The van der Waals surface area contributed by atoms with Crippen molar-refractivity contribution in [1.29, 1.82) is 0 Å². The van der Waals surface area contributed by atoms with E-state index in [0.29, 0.717) is 23.7 Å². The number of benzene rings is 1. The van der Waals surface area contributed by atoms with Crippen LogP contribution in [0, 0.1) is 23.7 Å². The van der Waals surface area contributed by atoms with Crippen molar-refractivity contribution < 1.29 is 19.2 Å². The molecule has 2 bridgehead atoms. The molecule has 5 aliphatic rings. The molecule has 6 rings (SSSR count). The maximum Gasteiger partial charge on any atom is 0.201 e. The number of ether oxygens (including phenoxy) is 2. The van der Waals surface area contributed by atoms with Crippen LogP contribution in [-0.4, -0.2) is 38.4 Å². The van der Waals surface area contributed by atoms with E-state index in [1.807, 2.05) is 6.92 Å². The van der Waals surface area contributed by atoms with Gasteiger partial charge in [-0.3, -0.25) is 0 Å². The van der Waals surface area contributed by atoms with Crippen molar-refractivity contribution in [3.8, 4) is 0 Å². The summed E-state index contributed by atoms with van der Waals surface area (Å²) in [6.45, 7) is 5.14. The molecule has 5 heteroatoms. The number of hydrogen-bond donors (Lipinski definition) is 0. The Morgan fingerprint density at radius 2 is 1.83 bits per heavy atom. The largest absolute Gasteiger partial charge is 0.378 e. The molecule has 30 heavy (non-hydrogen) atoms. The van der Waals surface area contributed by atoms with Crippen molar-refractivity contribution in [2.24, 2.45) is 23.7 Å². The second-order valence-electron chi connectivity index (χ2n) is 10.5. The smallest absolute Gasteiger partial charge is 0.201 e. The molecular weight excluding hydrogens is 378 g/mol. The second-order valence-corrected chi connectivity index (χ2v) is 10.5. The predicted molar refractivity (Wildman–Crippen MR) is 116 cm³/mol. The minimum Gasteiger partial charge on any atom is -0.378 e. The van der Waals surface area contributed by atoms with Gasteiger partial charge in [0.2, 0.25) is 5.79 Å². The lowest BCUT2D eigenvalue weighted by atomic mass is 9.57. The van der Waals surface area contributed by atoms with Gasteiger partial charge in [-0.05, 0) is 80.9 Å². The van der Waals surface area contributed by atoms with Crippen LogP contribution in [0.2, 0.25) is 0 Å². The zero-order valence-corrected chi connectivity index (χ0v) is 18.9. The summed E-state index contributed by atoms with van der Waals surface area (Å²) in [6, 6.07) is 8.95. The van der Waals surface area contributed by atoms with Crippen molar-refractivity contribution in [2.45, 2.75) is 76.5 Å². The molecule has 3 unspecified atom stereocenters. The summed E-state index contributed by atoms with van der Waals surface area (Å²) >= 11 is 0. The quantitative estimate of drug-likeness (QED) is 0.637. The van der Waals surface area contributed by atoms with E-state index in [2.05, 4.69) is 50.2 Å². The van der Waals surface area contributed by atoms with Gasteiger partial charge >= 0.3 is 0 Å². The predicted octanol–water partition coefficient (Wildman–Crippen LogP) is 4.94. The van der Waals surface area contributed by atoms with Crippen LogP contribution in [0.25, 0.3) is 0 Å². The highest BCUT2D eigenvalue weighted by Crippen LogP contribution is 2.60. The van der Waals surface area contributed by atoms with E-state index >= 15 is 0 Å². The van der Waals surface area contributed by atoms with Gasteiger partial charge in [0.15, 0.2) is 11.9 Å². The lowest BCUT2D eigenvalue weighted by Gasteiger charge is -2.59. The van der Waals surface area contributed by atoms with Crippen molar-refractivity contribution in [3.63, 3.8) is 0 Å². The Morgan fingerprint density at radius 3 is 2.60 bits per heavy atom. The first-order valence-corrected chi connectivity index (χ1v) is 11.8. The number of hydrogen-bond acceptors (Lipinski definition) is 5. The van der Waals surface area contributed by atoms with Gasteiger partial charge in [0, 0.05) is 32.1 Å². The standard InChI is InChI=1S/C25H37NO4/c1-17-8-13-22-19(7-5-6-18-9-11-20(12-10-18)26(3)4)16-27-23-25(22)21(17)14-15-24(2,28-23)29-30-25/h9-12,17,19,21-23H,5-8,13-16H2,1-4H3/t17-,19+,21+,22?,23-,24?,25?/m1/s1. The second kappa shape index (κ2) is 7.77. The first-order chi connectivity index (χ1) is 14.4. The van der Waals surface area contributed by atoms with E-state index in [-0.39, 0.29) is 6.29 Å². The molecule has 0 N–H and O–H groups in total. The molecular formula is C25H37NO4. The van der Waals surface area contributed by atoms with Gasteiger partial charge in [0.25, 0.3) is 0 Å². The van der Waals surface area contributed by atoms with Gasteiger partial charge in [-0.15, -0.1) is 0 Å². The molecule has 4 heterocycles. The van der Waals surface area contributed by atoms with Crippen LogP contribution in [-0.2, 0) is 25.7 Å². The van der Waals surface area contributed by atoms with Gasteiger partial charge in [0.1, 0.15) is 0 Å². The number of fused-ring (bicyclic) bond motifs is 2. The Bertz CT molecular complexity index is 752. The van der Waals surface area contributed by atoms with E-state index in [4.69, 9.17) is 19.2 Å². The summed E-state index contributed by atoms with van der Waals surface area (Å²) in [6.07, 6.45) is 7.59. The topological polar surface area (TPSA) is 40.2 Å². The monoisotopic (exact) mass is 415 g/mol. The summed E-state index contributed by atoms with van der Waals surface area (Å²) in [5, 5.41) is 0. The number of rotatable bonds is 5. The summed E-state index contributed by atoms with van der Waals surface area (Å²) in [7, 11) is 4.17. The number of nitrogens with zero attached hydrogens (tertiary/aromatic N) is 1. The van der Waals surface area contributed by atoms with Gasteiger partial charge < -0.3 is 14.4 Å². The third-order valence-electron chi connectivity index (χ3n) is 8.30. The highest BCUT2D eigenvalue weighted by Gasteiger charge is 2.68. The molecule has 1 aliphatic carbocycles. The van der Waals surface area contributed by atoms with Crippen LogP contribution in [0.1, 0.15) is 57.9 Å². The third kappa shape index (κ3) is 3.38. The summed E-state index contributed by atoms with van der Waals surface area (Å²) in [4.78, 5) is 14.3. The van der Waals surface area contributed by atoms with Crippen LogP contribution in [0.5, 0.6) is 0 Å². The average Bonchev–Trinajstić information content (AvgIpc) is 2.97. The van der Waals surface area contributed by atoms with E-state index in [1.54, 1.807) is 0 Å². The maximum atomic E-state index is 6.36. The Hall–Kier alpha value is -1.14. The zero-order valence-electron chi connectivity index (χ0n) is 18.9. The van der Waals surface area contributed by atoms with Gasteiger partial charge in [-0.1, -0.05) is 19.1 Å². The zero-order chi connectivity index (χ0) is 20.9. The average molecular weight is 416 g/mol. The number of aryl methyl sites for hydroxylation is 1. The van der Waals surface area contributed by atoms with Crippen LogP contribution >= 0.6 is 0 Å². The third-order valence-corrected chi connectivity index (χ3v) is 8.30. The van der Waals surface area contributed by atoms with Crippen LogP contribution < -0.4 is 4.90 Å². The van der Waals surface area contributed by atoms with Crippen LogP contribution in [0.4, 0.5) is 5.69 Å². The molecule has 0 amide bonds. The molecule has 4 aliphatic heterocycles. The van der Waals surface area contributed by atoms with E-state index in [0.717, 1.165) is 32.3 Å². The minimum absolute atomic E-state index is 0.286. The van der Waals surface area contributed by atoms with Crippen molar-refractivity contribution in [1.82, 2.24) is 0 Å². The van der Waals surface area contributed by atoms with E-state index in [9.17, 15) is 0 Å². The fourth-order valence-corrected chi connectivity index (χ4v) is 6.54. The van der Waals surface area contributed by atoms with Crippen molar-refractivity contribution in [2.75, 3.05) is 25.6 Å². The maximum absolute atomic E-state index is 6.36. The SMILES string of the molecule is C[C@@H]1CCC2[C@@H](CCCc3ccc(N(C)C)cc3)CO[C@@H]3OC4(C)CC[C@@H]1C23OO4. The molecule has 1 spiro atoms. The van der Waals surface area contributed by atoms with Crippen molar-refractivity contribution >= 4 is 5.69 Å². The Morgan fingerprint density at radius 1 is 1.03 bits per heavy atom. The van der Waals surface area contributed by atoms with Crippen molar-refractivity contribution in [3.05, 3.63) is 29.8 Å². The Labute approximate surface area is 180 Å². The summed E-state index contributed by atoms with van der Waals surface area (Å²) in [5.41, 5.74) is 2.24. The Balaban J connectivity index is 1.29. The highest BCUT2D eigenvalue weighted by atomic mass is 17.3. The fraction of sp³-hybridized carbons (Fsp3) is 0.760. The highest BCUT2D eigenvalue weighted by molar-refractivity contribution is 5.45. The Kier molecular flexibility index (Phi) is 5.37. The van der Waals surface area contributed by atoms with E-state index < -0.39 is 11.4 Å². The molecule has 0 aromatic heterocycles. The molecule has 166 valence electrons. The molecule has 1 saturated carbocycles. The van der Waals surface area contributed by atoms with Crippen LogP contribution in [0.3, 0.4) is 0 Å². The molecule has 4 saturated heterocycles. The first kappa shape index (κ1) is 20.7. The summed E-state index contributed by atoms with van der Waals surface area (Å²) < 4.78 is 12.7. The van der Waals surface area contributed by atoms with Gasteiger partial charge in [0.05, 0.1) is 6.61 Å². The van der Waals surface area contributed by atoms with Gasteiger partial charge in [-0.2, -0.15) is 0 Å². The molecule has 7 atom stereocenters.